The lowest BCUT2D eigenvalue weighted by Crippen LogP contribution is -2.26. The third-order valence-corrected chi connectivity index (χ3v) is 5.24. The van der Waals surface area contributed by atoms with E-state index in [4.69, 9.17) is 23.2 Å². The smallest absolute Gasteiger partial charge is 0.288 e. The van der Waals surface area contributed by atoms with Crippen molar-refractivity contribution in [1.82, 2.24) is 5.32 Å². The molecule has 0 spiro atoms. The van der Waals surface area contributed by atoms with E-state index in [0.717, 1.165) is 24.0 Å². The molecule has 10 heteroatoms. The van der Waals surface area contributed by atoms with Crippen molar-refractivity contribution in [2.75, 3.05) is 12.8 Å². The number of hydrogen-bond acceptors (Lipinski definition) is 5. The second-order valence-corrected chi connectivity index (χ2v) is 8.28. The van der Waals surface area contributed by atoms with Crippen LogP contribution < -0.4 is 5.32 Å². The third kappa shape index (κ3) is 4.94. The van der Waals surface area contributed by atoms with Gasteiger partial charge in [0.2, 0.25) is 0 Å². The van der Waals surface area contributed by atoms with Crippen molar-refractivity contribution in [2.45, 2.75) is 11.3 Å². The van der Waals surface area contributed by atoms with E-state index in [1.54, 1.807) is 18.2 Å². The molecule has 1 amide bonds. The summed E-state index contributed by atoms with van der Waals surface area (Å²) < 4.78 is 23.2. The number of amides is 1. The van der Waals surface area contributed by atoms with E-state index in [1.165, 1.54) is 6.07 Å². The fourth-order valence-corrected chi connectivity index (χ4v) is 3.58. The largest absolute Gasteiger partial charge is 0.352 e. The minimum absolute atomic E-state index is 0.00805. The fourth-order valence-electron chi connectivity index (χ4n) is 2.25. The van der Waals surface area contributed by atoms with Crippen LogP contribution in [0, 0.1) is 10.1 Å². The van der Waals surface area contributed by atoms with E-state index in [9.17, 15) is 23.3 Å². The number of nitrogens with one attached hydrogen (secondary N) is 1. The second-order valence-electron chi connectivity index (χ2n) is 5.45. The number of nitro groups is 1. The Morgan fingerprint density at radius 3 is 2.46 bits per heavy atom. The molecule has 0 saturated heterocycles. The third-order valence-electron chi connectivity index (χ3n) is 3.51. The normalized spacial score (nSPS) is 11.2. The summed E-state index contributed by atoms with van der Waals surface area (Å²) >= 11 is 11.9. The van der Waals surface area contributed by atoms with E-state index in [2.05, 4.69) is 5.32 Å². The monoisotopic (exact) mass is 416 g/mol. The molecule has 0 aliphatic carbocycles. The number of sulfone groups is 1. The molecule has 138 valence electrons. The highest BCUT2D eigenvalue weighted by molar-refractivity contribution is 7.90. The zero-order chi connectivity index (χ0) is 19.5. The molecule has 0 radical (unpaired) electrons. The second kappa shape index (κ2) is 8.03. The van der Waals surface area contributed by atoms with Gasteiger partial charge in [0.05, 0.1) is 4.92 Å². The average Bonchev–Trinajstić information content (AvgIpc) is 2.55. The standard InChI is InChI=1S/C16H14Cl2N2O5S/c1-26(24,25)15-5-3-11(8-14(15)20(22)23)16(21)19-7-6-10-2-4-12(17)9-13(10)18/h2-5,8-9H,6-7H2,1H3,(H,19,21). The molecular formula is C16H14Cl2N2O5S. The Balaban J connectivity index is 2.12. The molecule has 0 saturated carbocycles. The minimum atomic E-state index is -3.78. The first-order valence-electron chi connectivity index (χ1n) is 7.30. The zero-order valence-corrected chi connectivity index (χ0v) is 15.9. The van der Waals surface area contributed by atoms with Gasteiger partial charge in [-0.1, -0.05) is 29.3 Å². The van der Waals surface area contributed by atoms with Gasteiger partial charge < -0.3 is 5.32 Å². The summed E-state index contributed by atoms with van der Waals surface area (Å²) in [6, 6.07) is 8.24. The zero-order valence-electron chi connectivity index (χ0n) is 13.5. The van der Waals surface area contributed by atoms with Crippen molar-refractivity contribution in [3.63, 3.8) is 0 Å². The minimum Gasteiger partial charge on any atom is -0.352 e. The maximum atomic E-state index is 12.2. The summed E-state index contributed by atoms with van der Waals surface area (Å²) in [4.78, 5) is 22.0. The number of hydrogen-bond donors (Lipinski definition) is 1. The van der Waals surface area contributed by atoms with E-state index in [1.807, 2.05) is 0 Å². The van der Waals surface area contributed by atoms with Gasteiger partial charge in [-0.2, -0.15) is 0 Å². The van der Waals surface area contributed by atoms with Gasteiger partial charge in [-0.15, -0.1) is 0 Å². The van der Waals surface area contributed by atoms with E-state index in [-0.39, 0.29) is 12.1 Å². The fraction of sp³-hybridized carbons (Fsp3) is 0.188. The first-order valence-corrected chi connectivity index (χ1v) is 9.95. The first-order chi connectivity index (χ1) is 12.1. The number of rotatable bonds is 6. The number of nitrogens with zero attached hydrogens (tertiary/aromatic N) is 1. The van der Waals surface area contributed by atoms with Gasteiger partial charge in [0.25, 0.3) is 11.6 Å². The molecule has 26 heavy (non-hydrogen) atoms. The molecule has 0 fully saturated rings. The lowest BCUT2D eigenvalue weighted by molar-refractivity contribution is -0.387. The van der Waals surface area contributed by atoms with Crippen molar-refractivity contribution in [2.24, 2.45) is 0 Å². The summed E-state index contributed by atoms with van der Waals surface area (Å²) in [5.41, 5.74) is 0.141. The van der Waals surface area contributed by atoms with Crippen LogP contribution >= 0.6 is 23.2 Å². The van der Waals surface area contributed by atoms with Crippen molar-refractivity contribution < 1.29 is 18.1 Å². The molecule has 0 aliphatic heterocycles. The van der Waals surface area contributed by atoms with E-state index >= 15 is 0 Å². The van der Waals surface area contributed by atoms with Crippen LogP contribution in [-0.2, 0) is 16.3 Å². The van der Waals surface area contributed by atoms with Crippen LogP contribution in [-0.4, -0.2) is 32.0 Å². The summed E-state index contributed by atoms with van der Waals surface area (Å²) in [5, 5.41) is 14.7. The Bertz CT molecular complexity index is 977. The van der Waals surface area contributed by atoms with Crippen LogP contribution in [0.2, 0.25) is 10.0 Å². The summed E-state index contributed by atoms with van der Waals surface area (Å²) in [7, 11) is -3.78. The topological polar surface area (TPSA) is 106 Å². The van der Waals surface area contributed by atoms with E-state index in [0.29, 0.717) is 16.5 Å². The van der Waals surface area contributed by atoms with Crippen molar-refractivity contribution in [3.8, 4) is 0 Å². The highest BCUT2D eigenvalue weighted by atomic mass is 35.5. The summed E-state index contributed by atoms with van der Waals surface area (Å²) in [6.07, 6.45) is 1.30. The molecule has 1 N–H and O–H groups in total. The van der Waals surface area contributed by atoms with Crippen LogP contribution in [0.4, 0.5) is 5.69 Å². The number of carbonyl (C=O) groups is 1. The molecule has 0 bridgehead atoms. The number of benzene rings is 2. The predicted molar refractivity (Wildman–Crippen MR) is 98.7 cm³/mol. The van der Waals surface area contributed by atoms with Gasteiger partial charge >= 0.3 is 0 Å². The molecule has 0 unspecified atom stereocenters. The molecular weight excluding hydrogens is 403 g/mol. The molecule has 7 nitrogen and oxygen atoms in total. The van der Waals surface area contributed by atoms with Crippen LogP contribution in [0.15, 0.2) is 41.3 Å². The Morgan fingerprint density at radius 1 is 1.19 bits per heavy atom. The van der Waals surface area contributed by atoms with Gasteiger partial charge in [-0.3, -0.25) is 14.9 Å². The van der Waals surface area contributed by atoms with Gasteiger partial charge in [0, 0.05) is 34.5 Å². The average molecular weight is 417 g/mol. The Morgan fingerprint density at radius 2 is 1.88 bits per heavy atom. The molecule has 0 aromatic heterocycles. The van der Waals surface area contributed by atoms with Crippen molar-refractivity contribution in [3.05, 3.63) is 67.7 Å². The Labute approximate surface area is 160 Å². The molecule has 0 heterocycles. The maximum Gasteiger partial charge on any atom is 0.288 e. The van der Waals surface area contributed by atoms with Gasteiger partial charge in [0.1, 0.15) is 4.90 Å². The molecule has 2 aromatic rings. The first kappa shape index (κ1) is 20.2. The SMILES string of the molecule is CS(=O)(=O)c1ccc(C(=O)NCCc2ccc(Cl)cc2Cl)cc1[N+](=O)[O-]. The molecule has 0 aliphatic rings. The predicted octanol–water partition coefficient (Wildman–Crippen LogP) is 3.28. The van der Waals surface area contributed by atoms with Gasteiger partial charge in [0.15, 0.2) is 9.84 Å². The lowest BCUT2D eigenvalue weighted by atomic mass is 10.1. The lowest BCUT2D eigenvalue weighted by Gasteiger charge is -2.08. The number of nitro benzene ring substituents is 1. The molecule has 0 atom stereocenters. The molecule has 2 aromatic carbocycles. The summed E-state index contributed by atoms with van der Waals surface area (Å²) in [5.74, 6) is -0.557. The van der Waals surface area contributed by atoms with Crippen LogP contribution in [0.5, 0.6) is 0 Å². The van der Waals surface area contributed by atoms with Crippen LogP contribution in [0.1, 0.15) is 15.9 Å². The molecule has 2 rings (SSSR count). The highest BCUT2D eigenvalue weighted by Gasteiger charge is 2.23. The number of carbonyl (C=O) groups excluding carboxylic acids is 1. The maximum absolute atomic E-state index is 12.2. The van der Waals surface area contributed by atoms with Crippen molar-refractivity contribution in [1.29, 1.82) is 0 Å². The highest BCUT2D eigenvalue weighted by Crippen LogP contribution is 2.25. The van der Waals surface area contributed by atoms with Crippen LogP contribution in [0.25, 0.3) is 0 Å². The van der Waals surface area contributed by atoms with Crippen molar-refractivity contribution >= 4 is 44.6 Å². The Kier molecular flexibility index (Phi) is 6.22. The van der Waals surface area contributed by atoms with Gasteiger partial charge in [-0.25, -0.2) is 8.42 Å². The Hall–Kier alpha value is -2.16. The number of halogens is 2. The quantitative estimate of drug-likeness (QED) is 0.574. The van der Waals surface area contributed by atoms with Gasteiger partial charge in [-0.05, 0) is 36.2 Å². The summed E-state index contributed by atoms with van der Waals surface area (Å²) in [6.45, 7) is 0.238. The van der Waals surface area contributed by atoms with Crippen LogP contribution in [0.3, 0.4) is 0 Å². The van der Waals surface area contributed by atoms with E-state index < -0.39 is 31.3 Å².